The third-order valence-electron chi connectivity index (χ3n) is 6.29. The molecule has 4 rings (SSSR count). The minimum absolute atomic E-state index is 0.0257. The summed E-state index contributed by atoms with van der Waals surface area (Å²) in [6, 6.07) is 29.9. The Labute approximate surface area is 193 Å². The molecule has 0 aromatic heterocycles. The van der Waals surface area contributed by atoms with Crippen LogP contribution in [0.4, 0.5) is 0 Å². The highest BCUT2D eigenvalue weighted by Crippen LogP contribution is 2.63. The molecule has 0 radical (unpaired) electrons. The Morgan fingerprint density at radius 3 is 1.66 bits per heavy atom. The Kier molecular flexibility index (Phi) is 6.35. The molecule has 0 aliphatic carbocycles. The van der Waals surface area contributed by atoms with Crippen LogP contribution in [-0.2, 0) is 19.5 Å². The molecule has 0 bridgehead atoms. The lowest BCUT2D eigenvalue weighted by atomic mass is 9.95. The summed E-state index contributed by atoms with van der Waals surface area (Å²) in [5.41, 5.74) is 0.583. The van der Waals surface area contributed by atoms with Crippen LogP contribution in [0.2, 0.25) is 19.6 Å². The zero-order valence-electron chi connectivity index (χ0n) is 19.6. The van der Waals surface area contributed by atoms with Crippen molar-refractivity contribution >= 4 is 26.1 Å². The summed E-state index contributed by atoms with van der Waals surface area (Å²) in [6.07, 6.45) is -0.0997. The van der Waals surface area contributed by atoms with Gasteiger partial charge in [-0.1, -0.05) is 97.9 Å². The van der Waals surface area contributed by atoms with E-state index in [1.165, 1.54) is 0 Å². The second-order valence-corrected chi connectivity index (χ2v) is 17.0. The largest absolute Gasteiger partial charge is 0.387 e. The van der Waals surface area contributed by atoms with E-state index >= 15 is 4.57 Å². The fourth-order valence-electron chi connectivity index (χ4n) is 4.90. The third kappa shape index (κ3) is 4.06. The maximum Gasteiger partial charge on any atom is 0.196 e. The summed E-state index contributed by atoms with van der Waals surface area (Å²) in [5.74, 6) is -1.05. The molecule has 1 saturated heterocycles. The molecule has 1 aliphatic rings. The van der Waals surface area contributed by atoms with Gasteiger partial charge in [-0.05, 0) is 32.5 Å². The molecule has 4 atom stereocenters. The molecule has 1 heterocycles. The minimum atomic E-state index is -3.17. The molecule has 3 nitrogen and oxygen atoms in total. The van der Waals surface area contributed by atoms with Gasteiger partial charge in [-0.15, -0.1) is 0 Å². The SMILES string of the molecule is C[C@H]1[C@@H](P(=O)(c2ccccc2)c2ccccc2)[C@](O[Si](C)(C)C)(c2ccccc2)O[C@@H]1C. The molecule has 168 valence electrons. The van der Waals surface area contributed by atoms with E-state index in [-0.39, 0.29) is 17.7 Å². The van der Waals surface area contributed by atoms with E-state index in [0.717, 1.165) is 16.2 Å². The zero-order valence-corrected chi connectivity index (χ0v) is 21.5. The van der Waals surface area contributed by atoms with Gasteiger partial charge in [0.1, 0.15) is 0 Å². The summed E-state index contributed by atoms with van der Waals surface area (Å²) < 4.78 is 29.2. The molecule has 3 aromatic rings. The number of hydrogen-bond acceptors (Lipinski definition) is 3. The molecule has 3 aromatic carbocycles. The molecule has 32 heavy (non-hydrogen) atoms. The van der Waals surface area contributed by atoms with Gasteiger partial charge in [0.2, 0.25) is 0 Å². The van der Waals surface area contributed by atoms with Crippen molar-refractivity contribution in [3.63, 3.8) is 0 Å². The van der Waals surface area contributed by atoms with Crippen LogP contribution in [0, 0.1) is 5.92 Å². The lowest BCUT2D eigenvalue weighted by molar-refractivity contribution is -0.181. The van der Waals surface area contributed by atoms with Crippen LogP contribution in [0.3, 0.4) is 0 Å². The van der Waals surface area contributed by atoms with Crippen molar-refractivity contribution in [2.24, 2.45) is 5.92 Å². The molecule has 1 aliphatic heterocycles. The maximum atomic E-state index is 15.5. The minimum Gasteiger partial charge on any atom is -0.387 e. The van der Waals surface area contributed by atoms with Crippen LogP contribution >= 0.6 is 7.14 Å². The van der Waals surface area contributed by atoms with Gasteiger partial charge in [-0.2, -0.15) is 0 Å². The normalized spacial score (nSPS) is 26.2. The van der Waals surface area contributed by atoms with Crippen molar-refractivity contribution in [1.82, 2.24) is 0 Å². The monoisotopic (exact) mass is 464 g/mol. The molecule has 0 unspecified atom stereocenters. The van der Waals surface area contributed by atoms with Gasteiger partial charge in [-0.25, -0.2) is 0 Å². The van der Waals surface area contributed by atoms with Crippen LogP contribution in [-0.4, -0.2) is 20.1 Å². The van der Waals surface area contributed by atoms with Gasteiger partial charge in [-0.3, -0.25) is 0 Å². The van der Waals surface area contributed by atoms with Crippen LogP contribution in [0.5, 0.6) is 0 Å². The van der Waals surface area contributed by atoms with Crippen LogP contribution in [0.15, 0.2) is 91.0 Å². The number of ether oxygens (including phenoxy) is 1. The van der Waals surface area contributed by atoms with Crippen molar-refractivity contribution < 1.29 is 13.7 Å². The number of rotatable bonds is 6. The van der Waals surface area contributed by atoms with E-state index in [1.54, 1.807) is 0 Å². The number of benzene rings is 3. The number of hydrogen-bond donors (Lipinski definition) is 0. The molecular weight excluding hydrogens is 431 g/mol. The Balaban J connectivity index is 2.04. The van der Waals surface area contributed by atoms with Gasteiger partial charge in [0, 0.05) is 16.2 Å². The second kappa shape index (κ2) is 8.76. The lowest BCUT2D eigenvalue weighted by Gasteiger charge is -2.43. The maximum absolute atomic E-state index is 15.5. The average Bonchev–Trinajstić information content (AvgIpc) is 3.04. The van der Waals surface area contributed by atoms with Crippen molar-refractivity contribution in [2.45, 2.75) is 51.0 Å². The Hall–Kier alpha value is -1.97. The zero-order chi connectivity index (χ0) is 23.0. The summed E-state index contributed by atoms with van der Waals surface area (Å²) in [4.78, 5) is 0. The van der Waals surface area contributed by atoms with E-state index in [2.05, 4.69) is 45.6 Å². The highest BCUT2D eigenvalue weighted by atomic mass is 31.2. The first-order chi connectivity index (χ1) is 15.2. The van der Waals surface area contributed by atoms with E-state index in [9.17, 15) is 0 Å². The standard InChI is InChI=1S/C27H33O3PSi/c1-21-22(2)29-27(30-32(3,4)5,23-15-9-6-10-16-23)26(21)31(28,24-17-11-7-12-18-24)25-19-13-8-14-20-25/h6-22,26H,1-5H3/t21-,22-,26-,27-/m1/s1. The Bertz CT molecular complexity index is 1040. The predicted molar refractivity (Wildman–Crippen MR) is 136 cm³/mol. The fraction of sp³-hybridized carbons (Fsp3) is 0.333. The first-order valence-electron chi connectivity index (χ1n) is 11.3. The molecular formula is C27H33O3PSi. The first kappa shape index (κ1) is 23.2. The van der Waals surface area contributed by atoms with Crippen LogP contribution < -0.4 is 10.6 Å². The van der Waals surface area contributed by atoms with Crippen molar-refractivity contribution in [2.75, 3.05) is 0 Å². The average molecular weight is 465 g/mol. The van der Waals surface area contributed by atoms with Gasteiger partial charge < -0.3 is 13.7 Å². The fourth-order valence-corrected chi connectivity index (χ4v) is 10.0. The van der Waals surface area contributed by atoms with E-state index in [1.807, 2.05) is 78.9 Å². The molecule has 0 saturated carbocycles. The van der Waals surface area contributed by atoms with Crippen molar-refractivity contribution in [3.8, 4) is 0 Å². The summed E-state index contributed by atoms with van der Waals surface area (Å²) in [6.45, 7) is 10.7. The summed E-state index contributed by atoms with van der Waals surface area (Å²) >= 11 is 0. The third-order valence-corrected chi connectivity index (χ3v) is 10.9. The second-order valence-electron chi connectivity index (χ2n) is 9.70. The van der Waals surface area contributed by atoms with Crippen LogP contribution in [0.25, 0.3) is 0 Å². The van der Waals surface area contributed by atoms with E-state index in [0.29, 0.717) is 0 Å². The highest BCUT2D eigenvalue weighted by molar-refractivity contribution is 7.79. The van der Waals surface area contributed by atoms with E-state index in [4.69, 9.17) is 9.16 Å². The molecule has 1 fully saturated rings. The summed E-state index contributed by atoms with van der Waals surface area (Å²) in [7, 11) is -5.27. The topological polar surface area (TPSA) is 35.5 Å². The molecule has 0 spiro atoms. The smallest absolute Gasteiger partial charge is 0.196 e. The van der Waals surface area contributed by atoms with Crippen molar-refractivity contribution in [1.29, 1.82) is 0 Å². The molecule has 5 heteroatoms. The molecule has 0 amide bonds. The van der Waals surface area contributed by atoms with E-state index < -0.39 is 21.2 Å². The van der Waals surface area contributed by atoms with Crippen LogP contribution in [0.1, 0.15) is 19.4 Å². The molecule has 0 N–H and O–H groups in total. The first-order valence-corrected chi connectivity index (χ1v) is 16.5. The Morgan fingerprint density at radius 2 is 1.22 bits per heavy atom. The predicted octanol–water partition coefficient (Wildman–Crippen LogP) is 6.13. The van der Waals surface area contributed by atoms with Gasteiger partial charge >= 0.3 is 0 Å². The highest BCUT2D eigenvalue weighted by Gasteiger charge is 2.62. The van der Waals surface area contributed by atoms with Crippen molar-refractivity contribution in [3.05, 3.63) is 96.6 Å². The van der Waals surface area contributed by atoms with Gasteiger partial charge in [0.05, 0.1) is 11.8 Å². The van der Waals surface area contributed by atoms with Gasteiger partial charge in [0.25, 0.3) is 0 Å². The Morgan fingerprint density at radius 1 is 0.781 bits per heavy atom. The summed E-state index contributed by atoms with van der Waals surface area (Å²) in [5, 5.41) is 1.69. The quantitative estimate of drug-likeness (QED) is 0.325. The lowest BCUT2D eigenvalue weighted by Crippen LogP contribution is -2.50. The van der Waals surface area contributed by atoms with Gasteiger partial charge in [0.15, 0.2) is 21.2 Å².